The lowest BCUT2D eigenvalue weighted by Crippen LogP contribution is -2.37. The third-order valence-electron chi connectivity index (χ3n) is 3.48. The molecule has 6 heteroatoms. The number of aromatic nitrogens is 2. The van der Waals surface area contributed by atoms with E-state index in [-0.39, 0.29) is 6.10 Å². The van der Waals surface area contributed by atoms with Crippen LogP contribution in [0.2, 0.25) is 0 Å². The molecule has 0 bridgehead atoms. The van der Waals surface area contributed by atoms with E-state index in [1.54, 1.807) is 6.33 Å². The molecular weight excluding hydrogens is 308 g/mol. The summed E-state index contributed by atoms with van der Waals surface area (Å²) in [5.41, 5.74) is 0. The first-order valence-electron chi connectivity index (χ1n) is 6.74. The maximum absolute atomic E-state index is 5.63. The van der Waals surface area contributed by atoms with Gasteiger partial charge in [0, 0.05) is 20.2 Å². The van der Waals surface area contributed by atoms with Crippen LogP contribution in [0.3, 0.4) is 0 Å². The fourth-order valence-electron chi connectivity index (χ4n) is 2.36. The molecule has 2 rings (SSSR count). The third-order valence-corrected chi connectivity index (χ3v) is 4.21. The maximum atomic E-state index is 5.63. The Balaban J connectivity index is 2.19. The summed E-state index contributed by atoms with van der Waals surface area (Å²) >= 11 is 3.61. The van der Waals surface area contributed by atoms with E-state index in [2.05, 4.69) is 57.0 Å². The van der Waals surface area contributed by atoms with E-state index in [9.17, 15) is 0 Å². The highest BCUT2D eigenvalue weighted by molar-refractivity contribution is 9.10. The number of anilines is 2. The van der Waals surface area contributed by atoms with Crippen molar-refractivity contribution in [3.63, 3.8) is 0 Å². The monoisotopic (exact) mass is 328 g/mol. The van der Waals surface area contributed by atoms with Gasteiger partial charge in [0.1, 0.15) is 22.4 Å². The van der Waals surface area contributed by atoms with Crippen LogP contribution in [0.4, 0.5) is 11.6 Å². The van der Waals surface area contributed by atoms with E-state index in [0.29, 0.717) is 6.04 Å². The summed E-state index contributed by atoms with van der Waals surface area (Å²) in [6, 6.07) is 0.366. The van der Waals surface area contributed by atoms with Gasteiger partial charge in [0.15, 0.2) is 0 Å². The number of rotatable bonds is 5. The van der Waals surface area contributed by atoms with Gasteiger partial charge in [0.05, 0.1) is 12.1 Å². The van der Waals surface area contributed by atoms with E-state index < -0.39 is 0 Å². The molecule has 5 nitrogen and oxygen atoms in total. The highest BCUT2D eigenvalue weighted by atomic mass is 79.9. The van der Waals surface area contributed by atoms with Crippen molar-refractivity contribution in [2.24, 2.45) is 0 Å². The van der Waals surface area contributed by atoms with Crippen molar-refractivity contribution in [1.82, 2.24) is 9.97 Å². The van der Waals surface area contributed by atoms with Crippen molar-refractivity contribution in [1.29, 1.82) is 0 Å². The Labute approximate surface area is 122 Å². The zero-order chi connectivity index (χ0) is 13.8. The van der Waals surface area contributed by atoms with Crippen LogP contribution in [0.25, 0.3) is 0 Å². The Morgan fingerprint density at radius 2 is 2.32 bits per heavy atom. The summed E-state index contributed by atoms with van der Waals surface area (Å²) < 4.78 is 6.55. The second-order valence-electron chi connectivity index (χ2n) is 4.83. The normalized spacial score (nSPS) is 22.5. The number of hydrogen-bond donors (Lipinski definition) is 1. The van der Waals surface area contributed by atoms with Crippen molar-refractivity contribution in [2.75, 3.05) is 30.4 Å². The molecule has 2 unspecified atom stereocenters. The summed E-state index contributed by atoms with van der Waals surface area (Å²) in [6.45, 7) is 5.97. The van der Waals surface area contributed by atoms with E-state index in [1.165, 1.54) is 0 Å². The van der Waals surface area contributed by atoms with Crippen LogP contribution in [-0.4, -0.2) is 42.3 Å². The molecule has 1 N–H and O–H groups in total. The van der Waals surface area contributed by atoms with Crippen LogP contribution < -0.4 is 10.2 Å². The molecular formula is C13H21BrN4O. The number of ether oxygens (including phenoxy) is 1. The maximum Gasteiger partial charge on any atom is 0.148 e. The predicted molar refractivity (Wildman–Crippen MR) is 80.7 cm³/mol. The Bertz CT molecular complexity index is 429. The van der Waals surface area contributed by atoms with Crippen molar-refractivity contribution in [3.8, 4) is 0 Å². The van der Waals surface area contributed by atoms with Crippen LogP contribution >= 0.6 is 15.9 Å². The molecule has 0 amide bonds. The largest absolute Gasteiger partial charge is 0.376 e. The van der Waals surface area contributed by atoms with Crippen LogP contribution in [0.15, 0.2) is 10.8 Å². The van der Waals surface area contributed by atoms with Crippen LogP contribution in [0, 0.1) is 0 Å². The Morgan fingerprint density at radius 1 is 1.53 bits per heavy atom. The molecule has 1 saturated heterocycles. The lowest BCUT2D eigenvalue weighted by molar-refractivity contribution is 0.118. The molecule has 0 aliphatic carbocycles. The molecule has 1 aliphatic heterocycles. The molecule has 0 aromatic carbocycles. The smallest absolute Gasteiger partial charge is 0.148 e. The lowest BCUT2D eigenvalue weighted by Gasteiger charge is -2.28. The van der Waals surface area contributed by atoms with Crippen LogP contribution in [-0.2, 0) is 4.74 Å². The van der Waals surface area contributed by atoms with Gasteiger partial charge in [-0.1, -0.05) is 6.92 Å². The number of halogens is 1. The topological polar surface area (TPSA) is 50.3 Å². The first-order valence-corrected chi connectivity index (χ1v) is 7.53. The molecule has 2 atom stereocenters. The first kappa shape index (κ1) is 14.5. The number of hydrogen-bond acceptors (Lipinski definition) is 5. The quantitative estimate of drug-likeness (QED) is 0.900. The molecule has 106 valence electrons. The van der Waals surface area contributed by atoms with Gasteiger partial charge in [0.25, 0.3) is 0 Å². The summed E-state index contributed by atoms with van der Waals surface area (Å²) in [5, 5.41) is 3.30. The molecule has 0 radical (unpaired) electrons. The second-order valence-corrected chi connectivity index (χ2v) is 5.62. The minimum atomic E-state index is 0.235. The Hall–Kier alpha value is -0.880. The highest BCUT2D eigenvalue weighted by Gasteiger charge is 2.30. The van der Waals surface area contributed by atoms with Crippen LogP contribution in [0.1, 0.15) is 26.7 Å². The van der Waals surface area contributed by atoms with Crippen molar-refractivity contribution >= 4 is 27.6 Å². The zero-order valence-corrected chi connectivity index (χ0v) is 13.3. The second kappa shape index (κ2) is 6.52. The molecule has 1 aromatic heterocycles. The van der Waals surface area contributed by atoms with Gasteiger partial charge >= 0.3 is 0 Å². The summed E-state index contributed by atoms with van der Waals surface area (Å²) in [5.74, 6) is 1.77. The van der Waals surface area contributed by atoms with E-state index in [1.807, 2.05) is 0 Å². The van der Waals surface area contributed by atoms with Crippen molar-refractivity contribution in [3.05, 3.63) is 10.8 Å². The summed E-state index contributed by atoms with van der Waals surface area (Å²) in [7, 11) is 2.06. The fraction of sp³-hybridized carbons (Fsp3) is 0.692. The van der Waals surface area contributed by atoms with Crippen LogP contribution in [0.5, 0.6) is 0 Å². The highest BCUT2D eigenvalue weighted by Crippen LogP contribution is 2.32. The fourth-order valence-corrected chi connectivity index (χ4v) is 2.98. The minimum absolute atomic E-state index is 0.235. The van der Waals surface area contributed by atoms with Gasteiger partial charge in [-0.15, -0.1) is 0 Å². The first-order chi connectivity index (χ1) is 9.15. The molecule has 19 heavy (non-hydrogen) atoms. The number of likely N-dealkylation sites (N-methyl/N-ethyl adjacent to an activating group) is 1. The van der Waals surface area contributed by atoms with Gasteiger partial charge in [0.2, 0.25) is 0 Å². The van der Waals surface area contributed by atoms with E-state index in [4.69, 9.17) is 4.74 Å². The summed E-state index contributed by atoms with van der Waals surface area (Å²) in [4.78, 5) is 10.9. The molecule has 1 aliphatic rings. The predicted octanol–water partition coefficient (Wildman–Crippen LogP) is 2.67. The zero-order valence-electron chi connectivity index (χ0n) is 11.7. The third kappa shape index (κ3) is 3.17. The van der Waals surface area contributed by atoms with Gasteiger partial charge < -0.3 is 15.0 Å². The standard InChI is InChI=1S/C13H21BrN4O/c1-4-6-15-12-11(14)13(17-8-16-12)18(3)10-5-7-19-9(10)2/h8-10H,4-7H2,1-3H3,(H,15,16,17). The summed E-state index contributed by atoms with van der Waals surface area (Å²) in [6.07, 6.45) is 3.94. The van der Waals surface area contributed by atoms with Crippen molar-refractivity contribution < 1.29 is 4.74 Å². The average Bonchev–Trinajstić information content (AvgIpc) is 2.83. The van der Waals surface area contributed by atoms with Gasteiger partial charge in [-0.2, -0.15) is 0 Å². The molecule has 1 fully saturated rings. The van der Waals surface area contributed by atoms with Gasteiger partial charge in [-0.3, -0.25) is 0 Å². The van der Waals surface area contributed by atoms with E-state index in [0.717, 1.165) is 42.1 Å². The Kier molecular flexibility index (Phi) is 4.99. The molecule has 0 saturated carbocycles. The van der Waals surface area contributed by atoms with E-state index >= 15 is 0 Å². The number of nitrogens with zero attached hydrogens (tertiary/aromatic N) is 3. The van der Waals surface area contributed by atoms with Gasteiger partial charge in [-0.25, -0.2) is 9.97 Å². The van der Waals surface area contributed by atoms with Gasteiger partial charge in [-0.05, 0) is 35.7 Å². The lowest BCUT2D eigenvalue weighted by atomic mass is 10.1. The number of nitrogens with one attached hydrogen (secondary N) is 1. The SMILES string of the molecule is CCCNc1ncnc(N(C)C2CCOC2C)c1Br. The minimum Gasteiger partial charge on any atom is -0.376 e. The Morgan fingerprint density at radius 3 is 2.95 bits per heavy atom. The molecule has 1 aromatic rings. The molecule has 0 spiro atoms. The average molecular weight is 329 g/mol. The molecule has 2 heterocycles. The van der Waals surface area contributed by atoms with Crippen molar-refractivity contribution in [2.45, 2.75) is 38.8 Å².